The Balaban J connectivity index is 2.82. The zero-order valence-electron chi connectivity index (χ0n) is 11.1. The molecule has 0 saturated carbocycles. The fraction of sp³-hybridized carbons (Fsp3) is 0.667. The van der Waals surface area contributed by atoms with Gasteiger partial charge in [-0.25, -0.2) is 4.98 Å². The fourth-order valence-corrected chi connectivity index (χ4v) is 2.04. The summed E-state index contributed by atoms with van der Waals surface area (Å²) in [6.45, 7) is 8.73. The lowest BCUT2D eigenvalue weighted by Gasteiger charge is -2.17. The summed E-state index contributed by atoms with van der Waals surface area (Å²) < 4.78 is 0. The highest BCUT2D eigenvalue weighted by Gasteiger charge is 2.14. The van der Waals surface area contributed by atoms with Crippen LogP contribution in [-0.4, -0.2) is 28.0 Å². The van der Waals surface area contributed by atoms with Gasteiger partial charge in [0, 0.05) is 23.5 Å². The number of thioether (sulfide) groups is 1. The molecule has 2 atom stereocenters. The fourth-order valence-electron chi connectivity index (χ4n) is 1.77. The van der Waals surface area contributed by atoms with E-state index in [4.69, 9.17) is 0 Å². The molecule has 0 fully saturated rings. The van der Waals surface area contributed by atoms with Crippen molar-refractivity contribution in [3.8, 4) is 0 Å². The smallest absolute Gasteiger partial charge is 0.255 e. The third-order valence-electron chi connectivity index (χ3n) is 2.81. The predicted molar refractivity (Wildman–Crippen MR) is 73.7 cm³/mol. The minimum absolute atomic E-state index is 0.0291. The molecular formula is C12H21N3OS. The lowest BCUT2D eigenvalue weighted by Crippen LogP contribution is -2.31. The van der Waals surface area contributed by atoms with Crippen LogP contribution in [0.1, 0.15) is 37.0 Å². The molecule has 0 radical (unpaired) electrons. The highest BCUT2D eigenvalue weighted by atomic mass is 32.2. The Morgan fingerprint density at radius 1 is 1.41 bits per heavy atom. The molecule has 1 rings (SSSR count). The standard InChI is InChI=1S/C12H21N3OS/c1-7(17-5)6-13-8(2)11-9(3)14-10(4)15-12(11)16/h7-8,13H,6H2,1-5H3,(H,14,15,16). The molecule has 17 heavy (non-hydrogen) atoms. The van der Waals surface area contributed by atoms with Crippen LogP contribution in [0.15, 0.2) is 4.79 Å². The Morgan fingerprint density at radius 2 is 2.06 bits per heavy atom. The summed E-state index contributed by atoms with van der Waals surface area (Å²) in [6.07, 6.45) is 2.09. The van der Waals surface area contributed by atoms with E-state index in [1.807, 2.05) is 25.6 Å². The second kappa shape index (κ2) is 6.21. The zero-order valence-corrected chi connectivity index (χ0v) is 11.9. The van der Waals surface area contributed by atoms with E-state index in [-0.39, 0.29) is 11.6 Å². The van der Waals surface area contributed by atoms with Crippen LogP contribution in [0.4, 0.5) is 0 Å². The van der Waals surface area contributed by atoms with Gasteiger partial charge in [-0.15, -0.1) is 0 Å². The molecule has 0 aromatic carbocycles. The van der Waals surface area contributed by atoms with Gasteiger partial charge in [0.2, 0.25) is 0 Å². The van der Waals surface area contributed by atoms with Gasteiger partial charge >= 0.3 is 0 Å². The Morgan fingerprint density at radius 3 is 2.59 bits per heavy atom. The molecule has 96 valence electrons. The van der Waals surface area contributed by atoms with Gasteiger partial charge < -0.3 is 10.3 Å². The van der Waals surface area contributed by atoms with Crippen molar-refractivity contribution in [3.05, 3.63) is 27.4 Å². The SMILES string of the molecule is CSC(C)CNC(C)c1c(C)nc(C)[nH]c1=O. The third-order valence-corrected chi connectivity index (χ3v) is 3.78. The number of rotatable bonds is 5. The number of hydrogen-bond acceptors (Lipinski definition) is 4. The number of nitrogens with zero attached hydrogens (tertiary/aromatic N) is 1. The normalized spacial score (nSPS) is 14.6. The molecule has 4 nitrogen and oxygen atoms in total. The summed E-state index contributed by atoms with van der Waals surface area (Å²) in [5.74, 6) is 0.668. The van der Waals surface area contributed by atoms with Crippen LogP contribution >= 0.6 is 11.8 Å². The van der Waals surface area contributed by atoms with Gasteiger partial charge in [0.15, 0.2) is 0 Å². The van der Waals surface area contributed by atoms with Gasteiger partial charge in [-0.2, -0.15) is 11.8 Å². The van der Waals surface area contributed by atoms with Gasteiger partial charge in [0.25, 0.3) is 5.56 Å². The first-order chi connectivity index (χ1) is 7.95. The van der Waals surface area contributed by atoms with E-state index in [0.29, 0.717) is 11.1 Å². The summed E-state index contributed by atoms with van der Waals surface area (Å²) >= 11 is 1.81. The summed E-state index contributed by atoms with van der Waals surface area (Å²) in [7, 11) is 0. The Kier molecular flexibility index (Phi) is 5.21. The monoisotopic (exact) mass is 255 g/mol. The highest BCUT2D eigenvalue weighted by molar-refractivity contribution is 7.99. The molecule has 0 aliphatic rings. The summed E-state index contributed by atoms with van der Waals surface area (Å²) in [5.41, 5.74) is 1.51. The molecule has 0 amide bonds. The maximum absolute atomic E-state index is 11.9. The summed E-state index contributed by atoms with van der Waals surface area (Å²) in [5, 5.41) is 3.91. The van der Waals surface area contributed by atoms with E-state index in [0.717, 1.165) is 17.8 Å². The van der Waals surface area contributed by atoms with Crippen molar-refractivity contribution in [1.29, 1.82) is 0 Å². The van der Waals surface area contributed by atoms with Crippen molar-refractivity contribution in [3.63, 3.8) is 0 Å². The molecule has 2 N–H and O–H groups in total. The second-order valence-corrected chi connectivity index (χ2v) is 5.60. The molecule has 1 aromatic heterocycles. The average molecular weight is 255 g/mol. The summed E-state index contributed by atoms with van der Waals surface area (Å²) in [4.78, 5) is 18.9. The van der Waals surface area contributed by atoms with Crippen LogP contribution in [0.2, 0.25) is 0 Å². The number of nitrogens with one attached hydrogen (secondary N) is 2. The minimum atomic E-state index is -0.0354. The first-order valence-electron chi connectivity index (χ1n) is 5.79. The van der Waals surface area contributed by atoms with Crippen molar-refractivity contribution in [1.82, 2.24) is 15.3 Å². The topological polar surface area (TPSA) is 57.8 Å². The molecule has 0 saturated heterocycles. The first kappa shape index (κ1) is 14.3. The third kappa shape index (κ3) is 3.85. The van der Waals surface area contributed by atoms with Gasteiger partial charge in [-0.05, 0) is 27.0 Å². The molecule has 2 unspecified atom stereocenters. The average Bonchev–Trinajstić information content (AvgIpc) is 2.24. The summed E-state index contributed by atoms with van der Waals surface area (Å²) in [6, 6.07) is 0.0291. The van der Waals surface area contributed by atoms with Crippen LogP contribution in [-0.2, 0) is 0 Å². The second-order valence-electron chi connectivity index (χ2n) is 4.33. The Labute approximate surface area is 107 Å². The Hall–Kier alpha value is -0.810. The zero-order chi connectivity index (χ0) is 13.0. The number of hydrogen-bond donors (Lipinski definition) is 2. The molecule has 1 aromatic rings. The quantitative estimate of drug-likeness (QED) is 0.842. The van der Waals surface area contributed by atoms with Crippen LogP contribution in [0.5, 0.6) is 0 Å². The van der Waals surface area contributed by atoms with Crippen molar-refractivity contribution >= 4 is 11.8 Å². The highest BCUT2D eigenvalue weighted by Crippen LogP contribution is 2.12. The van der Waals surface area contributed by atoms with Gasteiger partial charge in [-0.1, -0.05) is 6.92 Å². The molecule has 0 spiro atoms. The minimum Gasteiger partial charge on any atom is -0.310 e. The lowest BCUT2D eigenvalue weighted by atomic mass is 10.1. The van der Waals surface area contributed by atoms with Crippen molar-refractivity contribution < 1.29 is 0 Å². The van der Waals surface area contributed by atoms with Crippen LogP contribution in [0.25, 0.3) is 0 Å². The molecular weight excluding hydrogens is 234 g/mol. The molecule has 0 bridgehead atoms. The van der Waals surface area contributed by atoms with E-state index < -0.39 is 0 Å². The van der Waals surface area contributed by atoms with E-state index in [2.05, 4.69) is 28.5 Å². The van der Waals surface area contributed by atoms with E-state index in [1.54, 1.807) is 6.92 Å². The maximum atomic E-state index is 11.9. The van der Waals surface area contributed by atoms with Crippen molar-refractivity contribution in [2.45, 2.75) is 39.0 Å². The lowest BCUT2D eigenvalue weighted by molar-refractivity contribution is 0.564. The van der Waals surface area contributed by atoms with Gasteiger partial charge in [0.05, 0.1) is 5.56 Å². The number of H-pyrrole nitrogens is 1. The Bertz CT molecular complexity index is 430. The first-order valence-corrected chi connectivity index (χ1v) is 7.08. The van der Waals surface area contributed by atoms with Crippen LogP contribution in [0.3, 0.4) is 0 Å². The van der Waals surface area contributed by atoms with E-state index in [1.165, 1.54) is 0 Å². The van der Waals surface area contributed by atoms with E-state index >= 15 is 0 Å². The predicted octanol–water partition coefficient (Wildman–Crippen LogP) is 1.79. The van der Waals surface area contributed by atoms with Crippen LogP contribution < -0.4 is 10.9 Å². The molecule has 0 aliphatic heterocycles. The number of aryl methyl sites for hydroxylation is 2. The number of aromatic nitrogens is 2. The number of aromatic amines is 1. The van der Waals surface area contributed by atoms with Crippen molar-refractivity contribution in [2.75, 3.05) is 12.8 Å². The molecule has 5 heteroatoms. The van der Waals surface area contributed by atoms with Crippen LogP contribution in [0, 0.1) is 13.8 Å². The van der Waals surface area contributed by atoms with Gasteiger partial charge in [0.1, 0.15) is 5.82 Å². The largest absolute Gasteiger partial charge is 0.310 e. The van der Waals surface area contributed by atoms with Crippen molar-refractivity contribution in [2.24, 2.45) is 0 Å². The molecule has 0 aliphatic carbocycles. The van der Waals surface area contributed by atoms with E-state index in [9.17, 15) is 4.79 Å². The van der Waals surface area contributed by atoms with Gasteiger partial charge in [-0.3, -0.25) is 4.79 Å². The maximum Gasteiger partial charge on any atom is 0.255 e. The molecule has 1 heterocycles.